The Bertz CT molecular complexity index is 557. The van der Waals surface area contributed by atoms with Gasteiger partial charge in [-0.25, -0.2) is 8.78 Å². The van der Waals surface area contributed by atoms with Crippen LogP contribution in [0.1, 0.15) is 17.2 Å². The summed E-state index contributed by atoms with van der Waals surface area (Å²) in [6.07, 6.45) is -0.499. The zero-order valence-corrected chi connectivity index (χ0v) is 11.0. The molecule has 0 radical (unpaired) electrons. The molecule has 0 bridgehead atoms. The predicted octanol–water partition coefficient (Wildman–Crippen LogP) is 4.00. The molecule has 1 atom stereocenters. The summed E-state index contributed by atoms with van der Waals surface area (Å²) in [7, 11) is 0. The SMILES string of the molecule is OC(Cc1ccc(F)c(Br)c1)c1cccc(F)c1. The first-order valence-corrected chi connectivity index (χ1v) is 6.23. The van der Waals surface area contributed by atoms with Crippen LogP contribution in [-0.4, -0.2) is 5.11 Å². The predicted molar refractivity (Wildman–Crippen MR) is 69.2 cm³/mol. The Morgan fingerprint density at radius 2 is 1.89 bits per heavy atom. The molecule has 0 aromatic heterocycles. The Morgan fingerprint density at radius 3 is 2.56 bits per heavy atom. The molecule has 18 heavy (non-hydrogen) atoms. The van der Waals surface area contributed by atoms with Crippen LogP contribution in [0.4, 0.5) is 8.78 Å². The molecule has 0 aliphatic heterocycles. The molecule has 94 valence electrons. The monoisotopic (exact) mass is 312 g/mol. The van der Waals surface area contributed by atoms with Gasteiger partial charge in [-0.1, -0.05) is 18.2 Å². The Hall–Kier alpha value is -1.26. The van der Waals surface area contributed by atoms with Crippen LogP contribution in [0.25, 0.3) is 0 Å². The quantitative estimate of drug-likeness (QED) is 0.908. The van der Waals surface area contributed by atoms with E-state index in [2.05, 4.69) is 15.9 Å². The lowest BCUT2D eigenvalue weighted by atomic mass is 10.0. The number of aliphatic hydroxyl groups is 1. The first kappa shape index (κ1) is 13.2. The van der Waals surface area contributed by atoms with Gasteiger partial charge in [-0.3, -0.25) is 0 Å². The smallest absolute Gasteiger partial charge is 0.137 e. The summed E-state index contributed by atoms with van der Waals surface area (Å²) in [5, 5.41) is 9.98. The zero-order chi connectivity index (χ0) is 13.1. The maximum Gasteiger partial charge on any atom is 0.137 e. The van der Waals surface area contributed by atoms with E-state index in [1.165, 1.54) is 18.2 Å². The van der Waals surface area contributed by atoms with Gasteiger partial charge >= 0.3 is 0 Å². The van der Waals surface area contributed by atoms with Crippen LogP contribution in [0, 0.1) is 11.6 Å². The number of benzene rings is 2. The molecule has 0 fully saturated rings. The van der Waals surface area contributed by atoms with Gasteiger partial charge in [0.1, 0.15) is 11.6 Å². The molecular weight excluding hydrogens is 302 g/mol. The number of aliphatic hydroxyl groups excluding tert-OH is 1. The van der Waals surface area contributed by atoms with Crippen LogP contribution in [0.5, 0.6) is 0 Å². The molecule has 1 N–H and O–H groups in total. The molecule has 0 spiro atoms. The van der Waals surface area contributed by atoms with Gasteiger partial charge in [0.05, 0.1) is 10.6 Å². The van der Waals surface area contributed by atoms with Gasteiger partial charge in [-0.2, -0.15) is 0 Å². The number of hydrogen-bond acceptors (Lipinski definition) is 1. The molecule has 0 saturated heterocycles. The highest BCUT2D eigenvalue weighted by Gasteiger charge is 2.10. The molecule has 0 aliphatic carbocycles. The second-order valence-electron chi connectivity index (χ2n) is 4.02. The van der Waals surface area contributed by atoms with Crippen molar-refractivity contribution in [3.05, 3.63) is 69.7 Å². The Balaban J connectivity index is 2.16. The van der Waals surface area contributed by atoms with Gasteiger partial charge < -0.3 is 5.11 Å². The van der Waals surface area contributed by atoms with Crippen LogP contribution >= 0.6 is 15.9 Å². The Labute approximate surface area is 112 Å². The minimum Gasteiger partial charge on any atom is -0.388 e. The van der Waals surface area contributed by atoms with E-state index < -0.39 is 6.10 Å². The molecule has 0 amide bonds. The van der Waals surface area contributed by atoms with E-state index in [-0.39, 0.29) is 11.6 Å². The molecule has 0 aliphatic rings. The fourth-order valence-corrected chi connectivity index (χ4v) is 2.15. The lowest BCUT2D eigenvalue weighted by molar-refractivity contribution is 0.178. The largest absolute Gasteiger partial charge is 0.388 e. The van der Waals surface area contributed by atoms with Crippen molar-refractivity contribution in [2.75, 3.05) is 0 Å². The van der Waals surface area contributed by atoms with Gasteiger partial charge in [0.15, 0.2) is 0 Å². The van der Waals surface area contributed by atoms with Crippen molar-refractivity contribution in [3.8, 4) is 0 Å². The summed E-state index contributed by atoms with van der Waals surface area (Å²) in [5.74, 6) is -0.731. The van der Waals surface area contributed by atoms with E-state index in [1.54, 1.807) is 24.3 Å². The molecule has 0 heterocycles. The number of halogens is 3. The average Bonchev–Trinajstić information content (AvgIpc) is 2.34. The Kier molecular flexibility index (Phi) is 4.09. The van der Waals surface area contributed by atoms with Crippen molar-refractivity contribution in [2.24, 2.45) is 0 Å². The van der Waals surface area contributed by atoms with E-state index >= 15 is 0 Å². The third-order valence-electron chi connectivity index (χ3n) is 2.65. The van der Waals surface area contributed by atoms with Crippen LogP contribution in [0.15, 0.2) is 46.9 Å². The molecule has 2 aromatic rings. The van der Waals surface area contributed by atoms with Crippen molar-refractivity contribution in [1.29, 1.82) is 0 Å². The van der Waals surface area contributed by atoms with Gasteiger partial charge in [0.2, 0.25) is 0 Å². The van der Waals surface area contributed by atoms with Crippen molar-refractivity contribution >= 4 is 15.9 Å². The Morgan fingerprint density at radius 1 is 1.11 bits per heavy atom. The van der Waals surface area contributed by atoms with Crippen molar-refractivity contribution < 1.29 is 13.9 Å². The summed E-state index contributed by atoms with van der Waals surface area (Å²) in [5.41, 5.74) is 1.29. The van der Waals surface area contributed by atoms with Gasteiger partial charge in [-0.05, 0) is 51.3 Å². The first-order valence-electron chi connectivity index (χ1n) is 5.44. The topological polar surface area (TPSA) is 20.2 Å². The standard InChI is InChI=1S/C14H11BrF2O/c15-12-6-9(4-5-13(12)17)7-14(18)10-2-1-3-11(16)8-10/h1-6,8,14,18H,7H2. The summed E-state index contributed by atoms with van der Waals surface area (Å²) in [6, 6.07) is 10.4. The minimum atomic E-state index is -0.807. The molecule has 4 heteroatoms. The molecule has 1 nitrogen and oxygen atoms in total. The fourth-order valence-electron chi connectivity index (χ4n) is 1.72. The van der Waals surface area contributed by atoms with Gasteiger partial charge in [-0.15, -0.1) is 0 Å². The average molecular weight is 313 g/mol. The maximum atomic E-state index is 13.1. The third kappa shape index (κ3) is 3.15. The zero-order valence-electron chi connectivity index (χ0n) is 9.41. The molecule has 1 unspecified atom stereocenters. The first-order chi connectivity index (χ1) is 8.56. The van der Waals surface area contributed by atoms with Crippen LogP contribution in [0.3, 0.4) is 0 Å². The summed E-state index contributed by atoms with van der Waals surface area (Å²) in [4.78, 5) is 0. The lowest BCUT2D eigenvalue weighted by Crippen LogP contribution is -2.02. The summed E-state index contributed by atoms with van der Waals surface area (Å²) < 4.78 is 26.4. The van der Waals surface area contributed by atoms with Crippen LogP contribution < -0.4 is 0 Å². The molecule has 2 aromatic carbocycles. The highest BCUT2D eigenvalue weighted by molar-refractivity contribution is 9.10. The maximum absolute atomic E-state index is 13.1. The van der Waals surface area contributed by atoms with Crippen molar-refractivity contribution in [2.45, 2.75) is 12.5 Å². The molecule has 0 saturated carbocycles. The van der Waals surface area contributed by atoms with Crippen LogP contribution in [0.2, 0.25) is 0 Å². The van der Waals surface area contributed by atoms with E-state index in [9.17, 15) is 13.9 Å². The van der Waals surface area contributed by atoms with E-state index in [0.717, 1.165) is 5.56 Å². The minimum absolute atomic E-state index is 0.308. The van der Waals surface area contributed by atoms with Gasteiger partial charge in [0.25, 0.3) is 0 Å². The lowest BCUT2D eigenvalue weighted by Gasteiger charge is -2.11. The highest BCUT2D eigenvalue weighted by Crippen LogP contribution is 2.22. The van der Waals surface area contributed by atoms with E-state index in [4.69, 9.17) is 0 Å². The summed E-state index contributed by atoms with van der Waals surface area (Å²) >= 11 is 3.09. The molecule has 2 rings (SSSR count). The second-order valence-corrected chi connectivity index (χ2v) is 4.88. The summed E-state index contributed by atoms with van der Waals surface area (Å²) in [6.45, 7) is 0. The van der Waals surface area contributed by atoms with E-state index in [0.29, 0.717) is 16.5 Å². The fraction of sp³-hybridized carbons (Fsp3) is 0.143. The molecular formula is C14H11BrF2O. The number of hydrogen-bond donors (Lipinski definition) is 1. The second kappa shape index (κ2) is 5.59. The third-order valence-corrected chi connectivity index (χ3v) is 3.25. The van der Waals surface area contributed by atoms with Crippen LogP contribution in [-0.2, 0) is 6.42 Å². The highest BCUT2D eigenvalue weighted by atomic mass is 79.9. The number of rotatable bonds is 3. The van der Waals surface area contributed by atoms with E-state index in [1.807, 2.05) is 0 Å². The van der Waals surface area contributed by atoms with Crippen molar-refractivity contribution in [1.82, 2.24) is 0 Å². The van der Waals surface area contributed by atoms with Crippen molar-refractivity contribution in [3.63, 3.8) is 0 Å². The van der Waals surface area contributed by atoms with Gasteiger partial charge in [0, 0.05) is 6.42 Å². The normalized spacial score (nSPS) is 12.4.